The number of amides is 1. The van der Waals surface area contributed by atoms with E-state index in [1.807, 2.05) is 6.07 Å². The topological polar surface area (TPSA) is 83.5 Å². The first-order valence-corrected chi connectivity index (χ1v) is 9.13. The lowest BCUT2D eigenvalue weighted by Gasteiger charge is -2.53. The zero-order chi connectivity index (χ0) is 17.2. The molecule has 4 nitrogen and oxygen atoms in total. The van der Waals surface area contributed by atoms with Crippen molar-refractivity contribution in [3.8, 4) is 5.75 Å². The molecule has 0 aliphatic heterocycles. The number of aromatic hydroxyl groups is 1. The fourth-order valence-corrected chi connectivity index (χ4v) is 6.44. The van der Waals surface area contributed by atoms with Crippen molar-refractivity contribution in [2.75, 3.05) is 0 Å². The smallest absolute Gasteiger partial charge is 0.221 e. The van der Waals surface area contributed by atoms with E-state index >= 15 is 0 Å². The van der Waals surface area contributed by atoms with Gasteiger partial charge in [0.2, 0.25) is 5.91 Å². The van der Waals surface area contributed by atoms with E-state index < -0.39 is 6.10 Å². The zero-order valence-electron chi connectivity index (χ0n) is 14.5. The van der Waals surface area contributed by atoms with Crippen LogP contribution in [0.2, 0.25) is 0 Å². The summed E-state index contributed by atoms with van der Waals surface area (Å²) in [5.74, 6) is 0.899. The van der Waals surface area contributed by atoms with Gasteiger partial charge in [-0.05, 0) is 79.0 Å². The van der Waals surface area contributed by atoms with Gasteiger partial charge in [0.15, 0.2) is 0 Å². The highest BCUT2D eigenvalue weighted by Gasteiger charge is 2.59. The van der Waals surface area contributed by atoms with Crippen molar-refractivity contribution < 1.29 is 15.0 Å². The quantitative estimate of drug-likeness (QED) is 0.740. The molecule has 0 bridgehead atoms. The third-order valence-electron chi connectivity index (χ3n) is 7.41. The molecule has 5 unspecified atom stereocenters. The second-order valence-electron chi connectivity index (χ2n) is 8.44. The van der Waals surface area contributed by atoms with Crippen molar-refractivity contribution in [3.63, 3.8) is 0 Å². The molecule has 24 heavy (non-hydrogen) atoms. The standard InChI is InChI=1S/C20H27NO3/c1-10-3-8-15(22)12-5-4-11-13-6-7-14(19(21)24)20(13,2)9-16(23)18(11)17(10)12/h3,8,11,13-14,16,18,22-23H,4-7,9H2,1-2H3,(H2,21,24)/t11?,13?,14?,16-,18?,20?/m0/s1. The zero-order valence-corrected chi connectivity index (χ0v) is 14.5. The molecule has 130 valence electrons. The average Bonchev–Trinajstić information content (AvgIpc) is 2.87. The highest BCUT2D eigenvalue weighted by Crippen LogP contribution is 2.63. The molecule has 4 rings (SSSR count). The van der Waals surface area contributed by atoms with E-state index in [0.717, 1.165) is 42.4 Å². The Morgan fingerprint density at radius 2 is 2.04 bits per heavy atom. The number of hydrogen-bond acceptors (Lipinski definition) is 3. The van der Waals surface area contributed by atoms with Crippen molar-refractivity contribution >= 4 is 5.91 Å². The van der Waals surface area contributed by atoms with E-state index in [1.165, 1.54) is 0 Å². The van der Waals surface area contributed by atoms with Gasteiger partial charge in [-0.1, -0.05) is 13.0 Å². The molecule has 0 spiro atoms. The van der Waals surface area contributed by atoms with Crippen molar-refractivity contribution in [2.45, 2.75) is 58.0 Å². The maximum absolute atomic E-state index is 11.9. The number of fused-ring (bicyclic) bond motifs is 5. The minimum Gasteiger partial charge on any atom is -0.508 e. The van der Waals surface area contributed by atoms with E-state index in [1.54, 1.807) is 6.07 Å². The molecule has 0 radical (unpaired) electrons. The maximum Gasteiger partial charge on any atom is 0.221 e. The number of carbonyl (C=O) groups is 1. The van der Waals surface area contributed by atoms with Gasteiger partial charge in [-0.15, -0.1) is 0 Å². The maximum atomic E-state index is 11.9. The number of phenols is 1. The Bertz CT molecular complexity index is 700. The number of rotatable bonds is 1. The van der Waals surface area contributed by atoms with Crippen molar-refractivity contribution in [1.29, 1.82) is 0 Å². The minimum absolute atomic E-state index is 0.0746. The van der Waals surface area contributed by atoms with E-state index in [-0.39, 0.29) is 23.2 Å². The third-order valence-corrected chi connectivity index (χ3v) is 7.41. The number of primary amides is 1. The number of phenolic OH excluding ortho intramolecular Hbond substituents is 1. The Morgan fingerprint density at radius 1 is 1.29 bits per heavy atom. The van der Waals surface area contributed by atoms with Crippen molar-refractivity contribution in [2.24, 2.45) is 28.9 Å². The Morgan fingerprint density at radius 3 is 2.75 bits per heavy atom. The monoisotopic (exact) mass is 329 g/mol. The first-order chi connectivity index (χ1) is 11.3. The summed E-state index contributed by atoms with van der Waals surface area (Å²) in [5.41, 5.74) is 8.81. The van der Waals surface area contributed by atoms with Gasteiger partial charge in [0.25, 0.3) is 0 Å². The summed E-state index contributed by atoms with van der Waals surface area (Å²) in [4.78, 5) is 11.9. The largest absolute Gasteiger partial charge is 0.508 e. The Kier molecular flexibility index (Phi) is 3.47. The van der Waals surface area contributed by atoms with E-state index in [0.29, 0.717) is 24.0 Å². The summed E-state index contributed by atoms with van der Waals surface area (Å²) in [7, 11) is 0. The lowest BCUT2D eigenvalue weighted by Crippen LogP contribution is -2.50. The molecular weight excluding hydrogens is 302 g/mol. The number of nitrogens with two attached hydrogens (primary N) is 1. The SMILES string of the molecule is Cc1ccc(O)c2c1C1C(CC2)C2CCC(C(N)=O)C2(C)C[C@@H]1O. The molecule has 3 aliphatic rings. The van der Waals surface area contributed by atoms with Crippen LogP contribution in [0.5, 0.6) is 5.75 Å². The predicted molar refractivity (Wildman–Crippen MR) is 91.5 cm³/mol. The Balaban J connectivity index is 1.79. The molecule has 2 saturated carbocycles. The minimum atomic E-state index is -0.476. The van der Waals surface area contributed by atoms with Gasteiger partial charge in [-0.25, -0.2) is 0 Å². The summed E-state index contributed by atoms with van der Waals surface area (Å²) in [6, 6.07) is 3.73. The van der Waals surface area contributed by atoms with Crippen LogP contribution < -0.4 is 5.73 Å². The fraction of sp³-hybridized carbons (Fsp3) is 0.650. The Hall–Kier alpha value is -1.55. The van der Waals surface area contributed by atoms with Gasteiger partial charge in [0, 0.05) is 11.8 Å². The number of benzene rings is 1. The van der Waals surface area contributed by atoms with Gasteiger partial charge in [-0.3, -0.25) is 4.79 Å². The predicted octanol–water partition coefficient (Wildman–Crippen LogP) is 2.63. The molecule has 4 N–H and O–H groups in total. The molecule has 2 fully saturated rings. The van der Waals surface area contributed by atoms with Crippen LogP contribution in [0.3, 0.4) is 0 Å². The van der Waals surface area contributed by atoms with Crippen LogP contribution in [0.25, 0.3) is 0 Å². The highest BCUT2D eigenvalue weighted by atomic mass is 16.3. The van der Waals surface area contributed by atoms with Crippen LogP contribution in [0.1, 0.15) is 55.2 Å². The lowest BCUT2D eigenvalue weighted by atomic mass is 9.52. The lowest BCUT2D eigenvalue weighted by molar-refractivity contribution is -0.129. The van der Waals surface area contributed by atoms with Crippen molar-refractivity contribution in [1.82, 2.24) is 0 Å². The van der Waals surface area contributed by atoms with Gasteiger partial charge in [-0.2, -0.15) is 0 Å². The number of aliphatic hydroxyl groups is 1. The molecule has 1 aromatic rings. The van der Waals surface area contributed by atoms with Gasteiger partial charge in [0.05, 0.1) is 6.10 Å². The van der Waals surface area contributed by atoms with Crippen LogP contribution in [-0.4, -0.2) is 22.2 Å². The number of aliphatic hydroxyl groups excluding tert-OH is 1. The molecule has 4 heteroatoms. The molecule has 0 saturated heterocycles. The van der Waals surface area contributed by atoms with Gasteiger partial charge >= 0.3 is 0 Å². The number of hydrogen-bond donors (Lipinski definition) is 3. The number of carbonyl (C=O) groups excluding carboxylic acids is 1. The van der Waals surface area contributed by atoms with Gasteiger partial charge in [0.1, 0.15) is 5.75 Å². The molecule has 1 amide bonds. The van der Waals surface area contributed by atoms with Gasteiger partial charge < -0.3 is 15.9 Å². The second-order valence-corrected chi connectivity index (χ2v) is 8.44. The molecule has 1 aromatic carbocycles. The van der Waals surface area contributed by atoms with E-state index in [9.17, 15) is 15.0 Å². The molecule has 0 heterocycles. The van der Waals surface area contributed by atoms with E-state index in [2.05, 4.69) is 13.8 Å². The molecule has 3 aliphatic carbocycles. The van der Waals surface area contributed by atoms with E-state index in [4.69, 9.17) is 5.73 Å². The van der Waals surface area contributed by atoms with Crippen LogP contribution in [0, 0.1) is 30.1 Å². The highest BCUT2D eigenvalue weighted by molar-refractivity contribution is 5.78. The summed E-state index contributed by atoms with van der Waals surface area (Å²) >= 11 is 0. The normalized spacial score (nSPS) is 40.5. The first-order valence-electron chi connectivity index (χ1n) is 9.13. The Labute approximate surface area is 143 Å². The average molecular weight is 329 g/mol. The fourth-order valence-electron chi connectivity index (χ4n) is 6.44. The van der Waals surface area contributed by atoms with Crippen molar-refractivity contribution in [3.05, 3.63) is 28.8 Å². The molecular formula is C20H27NO3. The van der Waals surface area contributed by atoms with Crippen LogP contribution in [-0.2, 0) is 11.2 Å². The van der Waals surface area contributed by atoms with Crippen LogP contribution in [0.15, 0.2) is 12.1 Å². The summed E-state index contributed by atoms with van der Waals surface area (Å²) in [6.45, 7) is 4.23. The van der Waals surface area contributed by atoms with Crippen LogP contribution >= 0.6 is 0 Å². The number of aryl methyl sites for hydroxylation is 1. The summed E-state index contributed by atoms with van der Waals surface area (Å²) in [5, 5.41) is 21.3. The molecule has 0 aromatic heterocycles. The second kappa shape index (κ2) is 5.22. The summed E-state index contributed by atoms with van der Waals surface area (Å²) < 4.78 is 0. The summed E-state index contributed by atoms with van der Waals surface area (Å²) in [6.07, 6.45) is 3.84. The van der Waals surface area contributed by atoms with Crippen LogP contribution in [0.4, 0.5) is 0 Å². The molecule has 6 atom stereocenters. The first kappa shape index (κ1) is 15.9. The third kappa shape index (κ3) is 1.98.